The highest BCUT2D eigenvalue weighted by Crippen LogP contribution is 2.40. The standard InChI is InChI=1S/C15H26O4/c1-17-9-10-18-12-14(16)13-5-8-19-15(11-13)6-3-2-4-7-15/h13H,2-12H2,1H3. The number of carbonyl (C=O) groups excluding carboxylic acids is 1. The van der Waals surface area contributed by atoms with Crippen molar-refractivity contribution in [1.82, 2.24) is 0 Å². The molecule has 0 bridgehead atoms. The fourth-order valence-corrected chi connectivity index (χ4v) is 3.28. The highest BCUT2D eigenvalue weighted by atomic mass is 16.5. The highest BCUT2D eigenvalue weighted by molar-refractivity contribution is 5.82. The lowest BCUT2D eigenvalue weighted by Crippen LogP contribution is -2.44. The zero-order valence-corrected chi connectivity index (χ0v) is 12.0. The van der Waals surface area contributed by atoms with Gasteiger partial charge in [-0.3, -0.25) is 4.79 Å². The Bertz CT molecular complexity index is 278. The summed E-state index contributed by atoms with van der Waals surface area (Å²) in [4.78, 5) is 12.2. The Morgan fingerprint density at radius 2 is 2.05 bits per heavy atom. The monoisotopic (exact) mass is 270 g/mol. The van der Waals surface area contributed by atoms with Crippen LogP contribution in [0.5, 0.6) is 0 Å². The van der Waals surface area contributed by atoms with Crippen molar-refractivity contribution in [1.29, 1.82) is 0 Å². The van der Waals surface area contributed by atoms with Crippen molar-refractivity contribution < 1.29 is 19.0 Å². The van der Waals surface area contributed by atoms with Crippen molar-refractivity contribution in [2.45, 2.75) is 50.5 Å². The van der Waals surface area contributed by atoms with Gasteiger partial charge in [-0.1, -0.05) is 19.3 Å². The first kappa shape index (κ1) is 14.9. The molecule has 1 atom stereocenters. The molecule has 0 aromatic carbocycles. The Labute approximate surface area is 115 Å². The summed E-state index contributed by atoms with van der Waals surface area (Å²) in [6, 6.07) is 0. The quantitative estimate of drug-likeness (QED) is 0.695. The van der Waals surface area contributed by atoms with Crippen LogP contribution in [0.15, 0.2) is 0 Å². The molecule has 0 amide bonds. The van der Waals surface area contributed by atoms with Gasteiger partial charge in [0.1, 0.15) is 6.61 Å². The molecule has 2 aliphatic rings. The van der Waals surface area contributed by atoms with Crippen molar-refractivity contribution in [2.24, 2.45) is 5.92 Å². The molecular formula is C15H26O4. The second kappa shape index (κ2) is 7.36. The molecule has 0 radical (unpaired) electrons. The number of hydrogen-bond acceptors (Lipinski definition) is 4. The summed E-state index contributed by atoms with van der Waals surface area (Å²) >= 11 is 0. The van der Waals surface area contributed by atoms with E-state index in [-0.39, 0.29) is 23.9 Å². The summed E-state index contributed by atoms with van der Waals surface area (Å²) in [5.74, 6) is 0.374. The largest absolute Gasteiger partial charge is 0.382 e. The van der Waals surface area contributed by atoms with Gasteiger partial charge in [0, 0.05) is 19.6 Å². The second-order valence-electron chi connectivity index (χ2n) is 5.79. The van der Waals surface area contributed by atoms with E-state index in [2.05, 4.69) is 0 Å². The molecule has 0 N–H and O–H groups in total. The van der Waals surface area contributed by atoms with Crippen molar-refractivity contribution in [3.05, 3.63) is 0 Å². The predicted octanol–water partition coefficient (Wildman–Crippen LogP) is 2.35. The van der Waals surface area contributed by atoms with E-state index in [0.717, 1.165) is 32.3 Å². The van der Waals surface area contributed by atoms with Crippen LogP contribution in [0, 0.1) is 5.92 Å². The molecule has 1 unspecified atom stereocenters. The van der Waals surface area contributed by atoms with Gasteiger partial charge in [0.15, 0.2) is 5.78 Å². The highest BCUT2D eigenvalue weighted by Gasteiger charge is 2.40. The Balaban J connectivity index is 1.78. The van der Waals surface area contributed by atoms with Gasteiger partial charge in [0.2, 0.25) is 0 Å². The molecule has 1 spiro atoms. The summed E-state index contributed by atoms with van der Waals surface area (Å²) in [6.45, 7) is 2.00. The molecule has 4 heteroatoms. The van der Waals surface area contributed by atoms with Crippen LogP contribution in [0.3, 0.4) is 0 Å². The van der Waals surface area contributed by atoms with E-state index in [0.29, 0.717) is 13.2 Å². The molecule has 1 saturated carbocycles. The summed E-state index contributed by atoms with van der Waals surface area (Å²) in [5, 5.41) is 0. The third-order valence-corrected chi connectivity index (χ3v) is 4.39. The number of rotatable bonds is 6. The maximum atomic E-state index is 12.2. The summed E-state index contributed by atoms with van der Waals surface area (Å²) in [6.07, 6.45) is 7.80. The number of ether oxygens (including phenoxy) is 3. The first-order valence-electron chi connectivity index (χ1n) is 7.49. The van der Waals surface area contributed by atoms with Crippen LogP contribution in [0.25, 0.3) is 0 Å². The lowest BCUT2D eigenvalue weighted by atomic mass is 9.75. The molecule has 2 fully saturated rings. The maximum Gasteiger partial charge on any atom is 0.161 e. The van der Waals surface area contributed by atoms with Crippen molar-refractivity contribution in [2.75, 3.05) is 33.5 Å². The van der Waals surface area contributed by atoms with Crippen molar-refractivity contribution >= 4 is 5.78 Å². The molecule has 1 heterocycles. The lowest BCUT2D eigenvalue weighted by molar-refractivity contribution is -0.146. The zero-order chi connectivity index (χ0) is 13.6. The van der Waals surface area contributed by atoms with Crippen molar-refractivity contribution in [3.63, 3.8) is 0 Å². The minimum Gasteiger partial charge on any atom is -0.382 e. The first-order chi connectivity index (χ1) is 9.26. The van der Waals surface area contributed by atoms with E-state index in [1.807, 2.05) is 0 Å². The average molecular weight is 270 g/mol. The zero-order valence-electron chi connectivity index (χ0n) is 12.0. The molecule has 0 aromatic heterocycles. The average Bonchev–Trinajstić information content (AvgIpc) is 2.44. The van der Waals surface area contributed by atoms with Gasteiger partial charge in [-0.05, 0) is 25.7 Å². The third-order valence-electron chi connectivity index (χ3n) is 4.39. The number of ketones is 1. The smallest absolute Gasteiger partial charge is 0.161 e. The van der Waals surface area contributed by atoms with Gasteiger partial charge in [0.05, 0.1) is 18.8 Å². The number of methoxy groups -OCH3 is 1. The third kappa shape index (κ3) is 4.26. The number of hydrogen-bond donors (Lipinski definition) is 0. The van der Waals surface area contributed by atoms with Gasteiger partial charge >= 0.3 is 0 Å². The molecule has 19 heavy (non-hydrogen) atoms. The van der Waals surface area contributed by atoms with E-state index < -0.39 is 0 Å². The molecule has 110 valence electrons. The summed E-state index contributed by atoms with van der Waals surface area (Å²) in [7, 11) is 1.64. The van der Waals surface area contributed by atoms with Gasteiger partial charge in [-0.15, -0.1) is 0 Å². The molecule has 2 rings (SSSR count). The van der Waals surface area contributed by atoms with E-state index in [1.54, 1.807) is 7.11 Å². The normalized spacial score (nSPS) is 26.5. The van der Waals surface area contributed by atoms with E-state index in [1.165, 1.54) is 19.3 Å². The van der Waals surface area contributed by atoms with Crippen LogP contribution in [-0.4, -0.2) is 44.9 Å². The molecule has 1 aliphatic heterocycles. The van der Waals surface area contributed by atoms with Crippen LogP contribution in [0.4, 0.5) is 0 Å². The molecule has 0 aromatic rings. The molecule has 4 nitrogen and oxygen atoms in total. The second-order valence-corrected chi connectivity index (χ2v) is 5.79. The molecular weight excluding hydrogens is 244 g/mol. The lowest BCUT2D eigenvalue weighted by Gasteiger charge is -2.43. The summed E-state index contributed by atoms with van der Waals surface area (Å²) < 4.78 is 16.3. The first-order valence-corrected chi connectivity index (χ1v) is 7.49. The van der Waals surface area contributed by atoms with Crippen molar-refractivity contribution in [3.8, 4) is 0 Å². The summed E-state index contributed by atoms with van der Waals surface area (Å²) in [5.41, 5.74) is 0.00333. The predicted molar refractivity (Wildman–Crippen MR) is 72.2 cm³/mol. The Morgan fingerprint density at radius 3 is 2.79 bits per heavy atom. The maximum absolute atomic E-state index is 12.2. The fraction of sp³-hybridized carbons (Fsp3) is 0.933. The Kier molecular flexibility index (Phi) is 5.79. The minimum absolute atomic E-state index is 0.00333. The van der Waals surface area contributed by atoms with Crippen LogP contribution < -0.4 is 0 Å². The van der Waals surface area contributed by atoms with Gasteiger partial charge in [-0.25, -0.2) is 0 Å². The van der Waals surface area contributed by atoms with E-state index >= 15 is 0 Å². The SMILES string of the molecule is COCCOCC(=O)C1CCOC2(CCCCC2)C1. The topological polar surface area (TPSA) is 44.8 Å². The fourth-order valence-electron chi connectivity index (χ4n) is 3.28. The van der Waals surface area contributed by atoms with Gasteiger partial charge < -0.3 is 14.2 Å². The van der Waals surface area contributed by atoms with Gasteiger partial charge in [0.25, 0.3) is 0 Å². The molecule has 1 saturated heterocycles. The number of Topliss-reactive ketones (excluding diaryl/α,β-unsaturated/α-hetero) is 1. The number of carbonyl (C=O) groups is 1. The van der Waals surface area contributed by atoms with Crippen LogP contribution >= 0.6 is 0 Å². The minimum atomic E-state index is 0.00333. The van der Waals surface area contributed by atoms with Crippen LogP contribution in [-0.2, 0) is 19.0 Å². The van der Waals surface area contributed by atoms with Crippen LogP contribution in [0.1, 0.15) is 44.9 Å². The van der Waals surface area contributed by atoms with E-state index in [4.69, 9.17) is 14.2 Å². The Morgan fingerprint density at radius 1 is 1.26 bits per heavy atom. The van der Waals surface area contributed by atoms with Gasteiger partial charge in [-0.2, -0.15) is 0 Å². The Hall–Kier alpha value is -0.450. The molecule has 1 aliphatic carbocycles. The van der Waals surface area contributed by atoms with Crippen LogP contribution in [0.2, 0.25) is 0 Å². The van der Waals surface area contributed by atoms with E-state index in [9.17, 15) is 4.79 Å².